The summed E-state index contributed by atoms with van der Waals surface area (Å²) in [5.74, 6) is 0.487. The highest BCUT2D eigenvalue weighted by Crippen LogP contribution is 2.08. The van der Waals surface area contributed by atoms with E-state index in [1.165, 1.54) is 7.11 Å². The average Bonchev–Trinajstić information content (AvgIpc) is 2.35. The van der Waals surface area contributed by atoms with Crippen LogP contribution in [0, 0.1) is 5.92 Å². The Balaban J connectivity index is 2.24. The Hall–Kier alpha value is -1.10. The van der Waals surface area contributed by atoms with Crippen LogP contribution in [0.5, 0.6) is 0 Å². The molecule has 1 amide bonds. The maximum absolute atomic E-state index is 11.9. The molecular weight excluding hydrogens is 232 g/mol. The lowest BCUT2D eigenvalue weighted by molar-refractivity contribution is -0.141. The zero-order valence-corrected chi connectivity index (χ0v) is 11.6. The molecule has 0 spiro atoms. The highest BCUT2D eigenvalue weighted by atomic mass is 16.5. The SMILES string of the molecule is COC(=O)CCN1CCN(C(=O)CC(C)C)CC1. The molecule has 1 aliphatic rings. The van der Waals surface area contributed by atoms with Crippen LogP contribution >= 0.6 is 0 Å². The van der Waals surface area contributed by atoms with Crippen LogP contribution in [0.4, 0.5) is 0 Å². The van der Waals surface area contributed by atoms with Crippen LogP contribution in [-0.4, -0.2) is 61.5 Å². The summed E-state index contributed by atoms with van der Waals surface area (Å²) < 4.78 is 4.61. The second-order valence-electron chi connectivity index (χ2n) is 5.15. The number of methoxy groups -OCH3 is 1. The Bertz CT molecular complexity index is 284. The van der Waals surface area contributed by atoms with E-state index in [2.05, 4.69) is 23.5 Å². The molecule has 0 aliphatic carbocycles. The molecule has 0 unspecified atom stereocenters. The van der Waals surface area contributed by atoms with Crippen molar-refractivity contribution < 1.29 is 14.3 Å². The number of hydrogen-bond donors (Lipinski definition) is 0. The van der Waals surface area contributed by atoms with Crippen molar-refractivity contribution in [3.8, 4) is 0 Å². The molecule has 0 aromatic rings. The maximum Gasteiger partial charge on any atom is 0.306 e. The fourth-order valence-corrected chi connectivity index (χ4v) is 2.05. The van der Waals surface area contributed by atoms with Gasteiger partial charge in [0, 0.05) is 39.1 Å². The first-order chi connectivity index (χ1) is 8.52. The first kappa shape index (κ1) is 15.0. The molecule has 0 N–H and O–H groups in total. The van der Waals surface area contributed by atoms with Gasteiger partial charge in [-0.1, -0.05) is 13.8 Å². The van der Waals surface area contributed by atoms with Crippen LogP contribution in [0.1, 0.15) is 26.7 Å². The minimum atomic E-state index is -0.173. The number of carbonyl (C=O) groups is 2. The van der Waals surface area contributed by atoms with Crippen LogP contribution in [0.15, 0.2) is 0 Å². The molecule has 1 heterocycles. The van der Waals surface area contributed by atoms with Gasteiger partial charge in [0.2, 0.25) is 5.91 Å². The number of carbonyl (C=O) groups excluding carboxylic acids is 2. The summed E-state index contributed by atoms with van der Waals surface area (Å²) in [4.78, 5) is 27.0. The molecule has 104 valence electrons. The summed E-state index contributed by atoms with van der Waals surface area (Å²) in [6.45, 7) is 8.08. The summed E-state index contributed by atoms with van der Waals surface area (Å²) in [5.41, 5.74) is 0. The Morgan fingerprint density at radius 3 is 2.28 bits per heavy atom. The number of piperazine rings is 1. The van der Waals surface area contributed by atoms with Gasteiger partial charge >= 0.3 is 5.97 Å². The fraction of sp³-hybridized carbons (Fsp3) is 0.846. The first-order valence-electron chi connectivity index (χ1n) is 6.60. The molecule has 1 saturated heterocycles. The summed E-state index contributed by atoms with van der Waals surface area (Å²) >= 11 is 0. The van der Waals surface area contributed by atoms with E-state index in [0.29, 0.717) is 18.8 Å². The van der Waals surface area contributed by atoms with E-state index in [-0.39, 0.29) is 11.9 Å². The largest absolute Gasteiger partial charge is 0.469 e. The summed E-state index contributed by atoms with van der Waals surface area (Å²) in [6, 6.07) is 0. The highest BCUT2D eigenvalue weighted by Gasteiger charge is 2.21. The second-order valence-corrected chi connectivity index (χ2v) is 5.15. The molecule has 0 atom stereocenters. The molecule has 5 heteroatoms. The van der Waals surface area contributed by atoms with Gasteiger partial charge in [0.15, 0.2) is 0 Å². The van der Waals surface area contributed by atoms with Gasteiger partial charge in [0.1, 0.15) is 0 Å². The third-order valence-corrected chi connectivity index (χ3v) is 3.17. The van der Waals surface area contributed by atoms with E-state index in [0.717, 1.165) is 32.7 Å². The number of esters is 1. The van der Waals surface area contributed by atoms with Gasteiger partial charge in [-0.2, -0.15) is 0 Å². The van der Waals surface area contributed by atoms with Crippen molar-refractivity contribution in [3.63, 3.8) is 0 Å². The molecule has 18 heavy (non-hydrogen) atoms. The van der Waals surface area contributed by atoms with Crippen molar-refractivity contribution in [2.24, 2.45) is 5.92 Å². The maximum atomic E-state index is 11.9. The van der Waals surface area contributed by atoms with Crippen LogP contribution in [0.3, 0.4) is 0 Å². The molecular formula is C13H24N2O3. The van der Waals surface area contributed by atoms with Gasteiger partial charge in [-0.25, -0.2) is 0 Å². The lowest BCUT2D eigenvalue weighted by Crippen LogP contribution is -2.49. The Morgan fingerprint density at radius 2 is 1.78 bits per heavy atom. The van der Waals surface area contributed by atoms with Crippen molar-refractivity contribution in [1.29, 1.82) is 0 Å². The lowest BCUT2D eigenvalue weighted by Gasteiger charge is -2.34. The molecule has 0 bridgehead atoms. The van der Waals surface area contributed by atoms with E-state index >= 15 is 0 Å². The lowest BCUT2D eigenvalue weighted by atomic mass is 10.1. The van der Waals surface area contributed by atoms with Crippen LogP contribution in [-0.2, 0) is 14.3 Å². The minimum Gasteiger partial charge on any atom is -0.469 e. The minimum absolute atomic E-state index is 0.173. The third-order valence-electron chi connectivity index (χ3n) is 3.17. The molecule has 1 rings (SSSR count). The number of ether oxygens (including phenoxy) is 1. The smallest absolute Gasteiger partial charge is 0.306 e. The standard InChI is InChI=1S/C13H24N2O3/c1-11(2)10-12(16)15-8-6-14(7-9-15)5-4-13(17)18-3/h11H,4-10H2,1-3H3. The predicted octanol–water partition coefficient (Wildman–Crippen LogP) is 0.740. The summed E-state index contributed by atoms with van der Waals surface area (Å²) in [5, 5.41) is 0. The van der Waals surface area contributed by atoms with Gasteiger partial charge in [0.05, 0.1) is 13.5 Å². The topological polar surface area (TPSA) is 49.9 Å². The van der Waals surface area contributed by atoms with E-state index in [1.807, 2.05) is 4.90 Å². The van der Waals surface area contributed by atoms with Gasteiger partial charge in [0.25, 0.3) is 0 Å². The predicted molar refractivity (Wildman–Crippen MR) is 69.1 cm³/mol. The average molecular weight is 256 g/mol. The Kier molecular flexibility index (Phi) is 6.12. The molecule has 1 aliphatic heterocycles. The van der Waals surface area contributed by atoms with E-state index in [4.69, 9.17) is 0 Å². The quantitative estimate of drug-likeness (QED) is 0.681. The van der Waals surface area contributed by atoms with Crippen LogP contribution in [0.2, 0.25) is 0 Å². The summed E-state index contributed by atoms with van der Waals surface area (Å²) in [6.07, 6.45) is 1.05. The van der Waals surface area contributed by atoms with E-state index in [1.54, 1.807) is 0 Å². The third kappa shape index (κ3) is 5.04. The molecule has 0 radical (unpaired) electrons. The zero-order chi connectivity index (χ0) is 13.5. The van der Waals surface area contributed by atoms with Gasteiger partial charge < -0.3 is 9.64 Å². The van der Waals surface area contributed by atoms with Crippen molar-refractivity contribution in [1.82, 2.24) is 9.80 Å². The Morgan fingerprint density at radius 1 is 1.17 bits per heavy atom. The van der Waals surface area contributed by atoms with Gasteiger partial charge in [-0.3, -0.25) is 14.5 Å². The fourth-order valence-electron chi connectivity index (χ4n) is 2.05. The van der Waals surface area contributed by atoms with Gasteiger partial charge in [-0.05, 0) is 5.92 Å². The molecule has 0 aromatic carbocycles. The van der Waals surface area contributed by atoms with Crippen molar-refractivity contribution in [2.45, 2.75) is 26.7 Å². The Labute approximate surface area is 109 Å². The zero-order valence-electron chi connectivity index (χ0n) is 11.6. The highest BCUT2D eigenvalue weighted by molar-refractivity contribution is 5.76. The van der Waals surface area contributed by atoms with E-state index in [9.17, 15) is 9.59 Å². The number of nitrogens with zero attached hydrogens (tertiary/aromatic N) is 2. The normalized spacial score (nSPS) is 17.0. The van der Waals surface area contributed by atoms with Crippen LogP contribution in [0.25, 0.3) is 0 Å². The molecule has 1 fully saturated rings. The summed E-state index contributed by atoms with van der Waals surface area (Å²) in [7, 11) is 1.41. The second kappa shape index (κ2) is 7.36. The first-order valence-corrected chi connectivity index (χ1v) is 6.60. The molecule has 0 aromatic heterocycles. The van der Waals surface area contributed by atoms with Crippen molar-refractivity contribution in [2.75, 3.05) is 39.8 Å². The van der Waals surface area contributed by atoms with Crippen molar-refractivity contribution in [3.05, 3.63) is 0 Å². The van der Waals surface area contributed by atoms with Crippen molar-refractivity contribution >= 4 is 11.9 Å². The number of rotatable bonds is 5. The number of hydrogen-bond acceptors (Lipinski definition) is 4. The van der Waals surface area contributed by atoms with Gasteiger partial charge in [-0.15, -0.1) is 0 Å². The number of amides is 1. The molecule has 5 nitrogen and oxygen atoms in total. The van der Waals surface area contributed by atoms with Crippen LogP contribution < -0.4 is 0 Å². The monoisotopic (exact) mass is 256 g/mol. The molecule has 0 saturated carbocycles. The van der Waals surface area contributed by atoms with E-state index < -0.39 is 0 Å².